The summed E-state index contributed by atoms with van der Waals surface area (Å²) in [7, 11) is 0. The van der Waals surface area contributed by atoms with Gasteiger partial charge in [-0.05, 0) is 44.7 Å². The second kappa shape index (κ2) is 4.53. The van der Waals surface area contributed by atoms with E-state index in [1.165, 1.54) is 45.2 Å². The van der Waals surface area contributed by atoms with E-state index in [0.29, 0.717) is 0 Å². The van der Waals surface area contributed by atoms with Crippen LogP contribution in [0.5, 0.6) is 0 Å². The van der Waals surface area contributed by atoms with Crippen LogP contribution in [0.1, 0.15) is 32.1 Å². The molecule has 2 unspecified atom stereocenters. The van der Waals surface area contributed by atoms with Crippen molar-refractivity contribution in [3.8, 4) is 0 Å². The van der Waals surface area contributed by atoms with Crippen molar-refractivity contribution in [2.75, 3.05) is 13.1 Å². The minimum Gasteiger partial charge on any atom is -0.300 e. The molecule has 0 spiro atoms. The normalized spacial score (nSPS) is 31.2. The monoisotopic (exact) mass is 220 g/mol. The van der Waals surface area contributed by atoms with E-state index in [1.807, 2.05) is 10.9 Å². The zero-order chi connectivity index (χ0) is 10.8. The van der Waals surface area contributed by atoms with Gasteiger partial charge in [-0.1, -0.05) is 11.6 Å². The summed E-state index contributed by atoms with van der Waals surface area (Å²) in [4.78, 5) is 2.70. The van der Waals surface area contributed by atoms with Crippen molar-refractivity contribution >= 4 is 0 Å². The van der Waals surface area contributed by atoms with Crippen LogP contribution in [0.15, 0.2) is 12.4 Å². The molecule has 1 aromatic heterocycles. The minimum atomic E-state index is 0.788. The molecule has 0 aliphatic carbocycles. The molecule has 2 fully saturated rings. The van der Waals surface area contributed by atoms with Crippen LogP contribution in [-0.2, 0) is 6.54 Å². The first-order valence-corrected chi connectivity index (χ1v) is 6.51. The van der Waals surface area contributed by atoms with Gasteiger partial charge in [0.25, 0.3) is 0 Å². The third kappa shape index (κ3) is 1.98. The van der Waals surface area contributed by atoms with E-state index >= 15 is 0 Å². The van der Waals surface area contributed by atoms with Gasteiger partial charge >= 0.3 is 0 Å². The van der Waals surface area contributed by atoms with E-state index in [-0.39, 0.29) is 0 Å². The molecule has 2 aliphatic rings. The summed E-state index contributed by atoms with van der Waals surface area (Å²) in [5.74, 6) is 0.788. The Kier molecular flexibility index (Phi) is 2.91. The van der Waals surface area contributed by atoms with Crippen LogP contribution in [0.4, 0.5) is 0 Å². The third-order valence-electron chi connectivity index (χ3n) is 4.12. The molecule has 0 N–H and O–H groups in total. The van der Waals surface area contributed by atoms with Crippen molar-refractivity contribution in [2.45, 2.75) is 44.7 Å². The Hall–Kier alpha value is -0.900. The Labute approximate surface area is 96.6 Å². The summed E-state index contributed by atoms with van der Waals surface area (Å²) in [5, 5.41) is 7.99. The number of hydrogen-bond acceptors (Lipinski definition) is 3. The third-order valence-corrected chi connectivity index (χ3v) is 4.12. The van der Waals surface area contributed by atoms with Gasteiger partial charge in [0, 0.05) is 18.8 Å². The number of rotatable bonds is 2. The summed E-state index contributed by atoms with van der Waals surface area (Å²) in [6.45, 7) is 3.69. The largest absolute Gasteiger partial charge is 0.300 e. The highest BCUT2D eigenvalue weighted by atomic mass is 15.4. The van der Waals surface area contributed by atoms with E-state index in [9.17, 15) is 0 Å². The van der Waals surface area contributed by atoms with Gasteiger partial charge in [-0.15, -0.1) is 5.10 Å². The molecule has 4 heteroatoms. The topological polar surface area (TPSA) is 34.0 Å². The lowest BCUT2D eigenvalue weighted by Gasteiger charge is -2.44. The maximum Gasteiger partial charge on any atom is 0.0692 e. The van der Waals surface area contributed by atoms with Crippen molar-refractivity contribution in [1.29, 1.82) is 0 Å². The molecule has 0 bridgehead atoms. The summed E-state index contributed by atoms with van der Waals surface area (Å²) >= 11 is 0. The second-order valence-corrected chi connectivity index (χ2v) is 5.13. The molecule has 3 heterocycles. The predicted molar refractivity (Wildman–Crippen MR) is 62.0 cm³/mol. The zero-order valence-electron chi connectivity index (χ0n) is 9.76. The Balaban J connectivity index is 1.68. The van der Waals surface area contributed by atoms with Gasteiger partial charge in [0.1, 0.15) is 0 Å². The molecule has 2 atom stereocenters. The first-order chi connectivity index (χ1) is 7.93. The summed E-state index contributed by atoms with van der Waals surface area (Å²) < 4.78 is 2.00. The van der Waals surface area contributed by atoms with E-state index in [1.54, 1.807) is 6.20 Å². The maximum absolute atomic E-state index is 4.10. The molecule has 16 heavy (non-hydrogen) atoms. The molecule has 2 saturated heterocycles. The van der Waals surface area contributed by atoms with Gasteiger partial charge < -0.3 is 4.90 Å². The lowest BCUT2D eigenvalue weighted by Crippen LogP contribution is -2.49. The number of nitrogens with zero attached hydrogens (tertiary/aromatic N) is 4. The maximum atomic E-state index is 4.10. The molecule has 88 valence electrons. The first kappa shape index (κ1) is 10.3. The number of aromatic nitrogens is 3. The van der Waals surface area contributed by atoms with E-state index < -0.39 is 0 Å². The van der Waals surface area contributed by atoms with Crippen LogP contribution in [0, 0.1) is 5.92 Å². The minimum absolute atomic E-state index is 0.788. The first-order valence-electron chi connectivity index (χ1n) is 6.51. The standard InChI is InChI=1S/C12H20N4/c1-2-7-15-8-3-4-11(12(15)5-1)10-16-9-6-13-14-16/h6,9,11-12H,1-5,7-8,10H2. The predicted octanol–water partition coefficient (Wildman–Crippen LogP) is 1.54. The van der Waals surface area contributed by atoms with Crippen LogP contribution in [0.3, 0.4) is 0 Å². The highest BCUT2D eigenvalue weighted by Gasteiger charge is 2.32. The fourth-order valence-electron chi connectivity index (χ4n) is 3.36. The zero-order valence-corrected chi connectivity index (χ0v) is 9.76. The van der Waals surface area contributed by atoms with Crippen LogP contribution in [0.25, 0.3) is 0 Å². The summed E-state index contributed by atoms with van der Waals surface area (Å²) in [6.07, 6.45) is 10.7. The molecule has 0 radical (unpaired) electrons. The van der Waals surface area contributed by atoms with E-state index in [2.05, 4.69) is 15.2 Å². The smallest absolute Gasteiger partial charge is 0.0692 e. The van der Waals surface area contributed by atoms with Crippen molar-refractivity contribution in [1.82, 2.24) is 19.9 Å². The van der Waals surface area contributed by atoms with Gasteiger partial charge in [0.15, 0.2) is 0 Å². The van der Waals surface area contributed by atoms with Gasteiger partial charge in [-0.25, -0.2) is 0 Å². The second-order valence-electron chi connectivity index (χ2n) is 5.13. The number of hydrogen-bond donors (Lipinski definition) is 0. The van der Waals surface area contributed by atoms with Crippen LogP contribution >= 0.6 is 0 Å². The Bertz CT molecular complexity index is 320. The Morgan fingerprint density at radius 3 is 2.94 bits per heavy atom. The molecule has 0 saturated carbocycles. The van der Waals surface area contributed by atoms with Crippen LogP contribution < -0.4 is 0 Å². The highest BCUT2D eigenvalue weighted by molar-refractivity contribution is 4.87. The Morgan fingerprint density at radius 1 is 1.12 bits per heavy atom. The fourth-order valence-corrected chi connectivity index (χ4v) is 3.36. The van der Waals surface area contributed by atoms with Crippen molar-refractivity contribution in [3.05, 3.63) is 12.4 Å². The highest BCUT2D eigenvalue weighted by Crippen LogP contribution is 2.31. The number of piperidine rings is 2. The van der Waals surface area contributed by atoms with Crippen LogP contribution in [-0.4, -0.2) is 39.0 Å². The Morgan fingerprint density at radius 2 is 2.06 bits per heavy atom. The molecule has 3 rings (SSSR count). The van der Waals surface area contributed by atoms with Gasteiger partial charge in [0.05, 0.1) is 6.20 Å². The van der Waals surface area contributed by atoms with Crippen molar-refractivity contribution < 1.29 is 0 Å². The average molecular weight is 220 g/mol. The molecule has 0 aromatic carbocycles. The number of fused-ring (bicyclic) bond motifs is 1. The summed E-state index contributed by atoms with van der Waals surface area (Å²) in [6, 6.07) is 0.812. The van der Waals surface area contributed by atoms with Gasteiger partial charge in [-0.2, -0.15) is 0 Å². The van der Waals surface area contributed by atoms with Crippen LogP contribution in [0.2, 0.25) is 0 Å². The molecule has 2 aliphatic heterocycles. The fraction of sp³-hybridized carbons (Fsp3) is 0.833. The van der Waals surface area contributed by atoms with Gasteiger partial charge in [-0.3, -0.25) is 4.68 Å². The van der Waals surface area contributed by atoms with E-state index in [0.717, 1.165) is 18.5 Å². The lowest BCUT2D eigenvalue weighted by molar-refractivity contribution is 0.0501. The quantitative estimate of drug-likeness (QED) is 0.758. The van der Waals surface area contributed by atoms with E-state index in [4.69, 9.17) is 0 Å². The molecular formula is C12H20N4. The van der Waals surface area contributed by atoms with Crippen molar-refractivity contribution in [3.63, 3.8) is 0 Å². The van der Waals surface area contributed by atoms with Gasteiger partial charge in [0.2, 0.25) is 0 Å². The molecular weight excluding hydrogens is 200 g/mol. The molecule has 1 aromatic rings. The lowest BCUT2D eigenvalue weighted by atomic mass is 9.83. The summed E-state index contributed by atoms with van der Waals surface area (Å²) in [5.41, 5.74) is 0. The molecule has 0 amide bonds. The van der Waals surface area contributed by atoms with Crippen molar-refractivity contribution in [2.24, 2.45) is 5.92 Å². The SMILES string of the molecule is c1cn(CC2CCCN3CCCCC23)nn1. The average Bonchev–Trinajstić information content (AvgIpc) is 2.82. The molecule has 4 nitrogen and oxygen atoms in total.